The molecule has 0 aliphatic carbocycles. The zero-order valence-electron chi connectivity index (χ0n) is 12.7. The van der Waals surface area contributed by atoms with Crippen molar-refractivity contribution >= 4 is 11.3 Å². The molecule has 2 nitrogen and oxygen atoms in total. The monoisotopic (exact) mass is 268 g/mol. The van der Waals surface area contributed by atoms with Crippen molar-refractivity contribution in [3.8, 4) is 0 Å². The van der Waals surface area contributed by atoms with E-state index in [1.54, 1.807) is 0 Å². The van der Waals surface area contributed by atoms with Crippen molar-refractivity contribution in [3.05, 3.63) is 21.9 Å². The van der Waals surface area contributed by atoms with Crippen molar-refractivity contribution in [2.75, 3.05) is 13.1 Å². The van der Waals surface area contributed by atoms with Crippen LogP contribution >= 0.6 is 11.3 Å². The minimum Gasteiger partial charge on any atom is -0.308 e. The van der Waals surface area contributed by atoms with E-state index in [1.165, 1.54) is 10.4 Å². The van der Waals surface area contributed by atoms with Crippen molar-refractivity contribution < 1.29 is 0 Å². The second-order valence-electron chi connectivity index (χ2n) is 5.57. The van der Waals surface area contributed by atoms with Gasteiger partial charge in [-0.25, -0.2) is 0 Å². The van der Waals surface area contributed by atoms with Gasteiger partial charge in [0.1, 0.15) is 0 Å². The molecule has 1 aromatic heterocycles. The molecule has 0 saturated carbocycles. The Kier molecular flexibility index (Phi) is 6.33. The number of nitrogens with zero attached hydrogens (tertiary/aromatic N) is 1. The molecule has 0 spiro atoms. The van der Waals surface area contributed by atoms with Gasteiger partial charge >= 0.3 is 0 Å². The van der Waals surface area contributed by atoms with Gasteiger partial charge in [-0.2, -0.15) is 0 Å². The number of thiophene rings is 1. The van der Waals surface area contributed by atoms with E-state index in [0.29, 0.717) is 18.1 Å². The number of hydrogen-bond acceptors (Lipinski definition) is 3. The van der Waals surface area contributed by atoms with Crippen LogP contribution in [-0.2, 0) is 0 Å². The summed E-state index contributed by atoms with van der Waals surface area (Å²) in [5.41, 5.74) is 1.41. The average Bonchev–Trinajstić information content (AvgIpc) is 2.69. The Morgan fingerprint density at radius 1 is 1.17 bits per heavy atom. The summed E-state index contributed by atoms with van der Waals surface area (Å²) in [7, 11) is 0. The molecule has 104 valence electrons. The van der Waals surface area contributed by atoms with Gasteiger partial charge in [0.15, 0.2) is 0 Å². The molecule has 0 aliphatic rings. The van der Waals surface area contributed by atoms with Crippen LogP contribution in [0.25, 0.3) is 0 Å². The van der Waals surface area contributed by atoms with Gasteiger partial charge in [-0.3, -0.25) is 4.90 Å². The van der Waals surface area contributed by atoms with Gasteiger partial charge in [0.2, 0.25) is 0 Å². The molecule has 0 saturated heterocycles. The predicted octanol–water partition coefficient (Wildman–Crippen LogP) is 3.83. The molecule has 18 heavy (non-hydrogen) atoms. The molecule has 0 fully saturated rings. The Morgan fingerprint density at radius 2 is 1.78 bits per heavy atom. The fourth-order valence-corrected chi connectivity index (χ4v) is 3.40. The van der Waals surface area contributed by atoms with E-state index in [-0.39, 0.29) is 0 Å². The lowest BCUT2D eigenvalue weighted by Crippen LogP contribution is -2.41. The average molecular weight is 268 g/mol. The molecule has 1 aromatic rings. The fraction of sp³-hybridized carbons (Fsp3) is 0.733. The van der Waals surface area contributed by atoms with Crippen LogP contribution < -0.4 is 5.32 Å². The predicted molar refractivity (Wildman–Crippen MR) is 82.5 cm³/mol. The number of hydrogen-bond donors (Lipinski definition) is 1. The van der Waals surface area contributed by atoms with Crippen molar-refractivity contribution in [2.24, 2.45) is 0 Å². The topological polar surface area (TPSA) is 15.3 Å². The van der Waals surface area contributed by atoms with E-state index in [1.807, 2.05) is 11.3 Å². The second-order valence-corrected chi connectivity index (χ2v) is 6.52. The largest absolute Gasteiger partial charge is 0.308 e. The van der Waals surface area contributed by atoms with E-state index in [4.69, 9.17) is 0 Å². The van der Waals surface area contributed by atoms with Gasteiger partial charge in [0, 0.05) is 36.1 Å². The molecule has 0 amide bonds. The van der Waals surface area contributed by atoms with E-state index >= 15 is 0 Å². The van der Waals surface area contributed by atoms with Gasteiger partial charge in [-0.05, 0) is 58.6 Å². The van der Waals surface area contributed by atoms with Gasteiger partial charge in [0.25, 0.3) is 0 Å². The van der Waals surface area contributed by atoms with Gasteiger partial charge in [-0.15, -0.1) is 11.3 Å². The standard InChI is InChI=1S/C15H28N2S/c1-11(2)17(12(3)4)9-8-16-14(6)15-13(5)7-10-18-15/h7,10-12,14,16H,8-9H2,1-6H3. The summed E-state index contributed by atoms with van der Waals surface area (Å²) in [6.45, 7) is 15.7. The first kappa shape index (κ1) is 15.7. The normalized spacial score (nSPS) is 13.8. The van der Waals surface area contributed by atoms with Gasteiger partial charge in [0.05, 0.1) is 0 Å². The molecule has 1 heterocycles. The third kappa shape index (κ3) is 4.38. The molecule has 0 aromatic carbocycles. The number of aryl methyl sites for hydroxylation is 1. The molecule has 1 rings (SSSR count). The van der Waals surface area contributed by atoms with Crippen LogP contribution in [0.2, 0.25) is 0 Å². The van der Waals surface area contributed by atoms with Crippen LogP contribution in [0.1, 0.15) is 51.1 Å². The highest BCUT2D eigenvalue weighted by atomic mass is 32.1. The fourth-order valence-electron chi connectivity index (χ4n) is 2.44. The second kappa shape index (κ2) is 7.27. The summed E-state index contributed by atoms with van der Waals surface area (Å²) in [5, 5.41) is 5.81. The lowest BCUT2D eigenvalue weighted by Gasteiger charge is -2.31. The van der Waals surface area contributed by atoms with E-state index in [2.05, 4.69) is 63.2 Å². The Morgan fingerprint density at radius 3 is 2.22 bits per heavy atom. The summed E-state index contributed by atoms with van der Waals surface area (Å²) in [4.78, 5) is 4.00. The third-order valence-electron chi connectivity index (χ3n) is 3.44. The van der Waals surface area contributed by atoms with E-state index < -0.39 is 0 Å². The SMILES string of the molecule is Cc1ccsc1C(C)NCCN(C(C)C)C(C)C. The first-order valence-electron chi connectivity index (χ1n) is 6.96. The molecule has 0 bridgehead atoms. The maximum atomic E-state index is 3.63. The lowest BCUT2D eigenvalue weighted by molar-refractivity contribution is 0.174. The van der Waals surface area contributed by atoms with Crippen molar-refractivity contribution in [2.45, 2.75) is 59.7 Å². The third-order valence-corrected chi connectivity index (χ3v) is 4.64. The Hall–Kier alpha value is -0.380. The summed E-state index contributed by atoms with van der Waals surface area (Å²) in [6, 6.07) is 3.90. The van der Waals surface area contributed by atoms with Crippen LogP contribution in [0.3, 0.4) is 0 Å². The van der Waals surface area contributed by atoms with Crippen molar-refractivity contribution in [1.29, 1.82) is 0 Å². The Balaban J connectivity index is 2.39. The molecular weight excluding hydrogens is 240 g/mol. The first-order chi connectivity index (χ1) is 8.43. The van der Waals surface area contributed by atoms with Crippen LogP contribution in [0.15, 0.2) is 11.4 Å². The summed E-state index contributed by atoms with van der Waals surface area (Å²) in [5.74, 6) is 0. The molecule has 0 radical (unpaired) electrons. The smallest absolute Gasteiger partial charge is 0.0389 e. The van der Waals surface area contributed by atoms with Crippen molar-refractivity contribution in [3.63, 3.8) is 0 Å². The van der Waals surface area contributed by atoms with Gasteiger partial charge in [-0.1, -0.05) is 0 Å². The lowest BCUT2D eigenvalue weighted by atomic mass is 10.2. The number of rotatable bonds is 7. The maximum Gasteiger partial charge on any atom is 0.0389 e. The maximum absolute atomic E-state index is 3.63. The molecule has 1 atom stereocenters. The highest BCUT2D eigenvalue weighted by Crippen LogP contribution is 2.23. The summed E-state index contributed by atoms with van der Waals surface area (Å²) >= 11 is 1.85. The summed E-state index contributed by atoms with van der Waals surface area (Å²) in [6.07, 6.45) is 0. The quantitative estimate of drug-likeness (QED) is 0.808. The Bertz CT molecular complexity index is 336. The van der Waals surface area contributed by atoms with E-state index in [0.717, 1.165) is 13.1 Å². The van der Waals surface area contributed by atoms with Crippen LogP contribution in [0, 0.1) is 6.92 Å². The molecular formula is C15H28N2S. The molecule has 3 heteroatoms. The zero-order valence-corrected chi connectivity index (χ0v) is 13.5. The molecule has 1 unspecified atom stereocenters. The van der Waals surface area contributed by atoms with Gasteiger partial charge < -0.3 is 5.32 Å². The molecule has 0 aliphatic heterocycles. The minimum atomic E-state index is 0.464. The molecule has 1 N–H and O–H groups in total. The van der Waals surface area contributed by atoms with Crippen molar-refractivity contribution in [1.82, 2.24) is 10.2 Å². The van der Waals surface area contributed by atoms with Crippen LogP contribution in [-0.4, -0.2) is 30.1 Å². The first-order valence-corrected chi connectivity index (χ1v) is 7.84. The highest BCUT2D eigenvalue weighted by molar-refractivity contribution is 7.10. The summed E-state index contributed by atoms with van der Waals surface area (Å²) < 4.78 is 0. The Labute approximate surface area is 116 Å². The minimum absolute atomic E-state index is 0.464. The number of nitrogens with one attached hydrogen (secondary N) is 1. The highest BCUT2D eigenvalue weighted by Gasteiger charge is 2.14. The van der Waals surface area contributed by atoms with Crippen LogP contribution in [0.5, 0.6) is 0 Å². The van der Waals surface area contributed by atoms with E-state index in [9.17, 15) is 0 Å². The zero-order chi connectivity index (χ0) is 13.7. The van der Waals surface area contributed by atoms with Crippen LogP contribution in [0.4, 0.5) is 0 Å².